The summed E-state index contributed by atoms with van der Waals surface area (Å²) in [6, 6.07) is 4.92. The quantitative estimate of drug-likeness (QED) is 0.384. The Morgan fingerprint density at radius 3 is 2.74 bits per heavy atom. The first-order valence-corrected chi connectivity index (χ1v) is 12.8. The van der Waals surface area contributed by atoms with E-state index in [-0.39, 0.29) is 11.6 Å². The molecule has 182 valence electrons. The highest BCUT2D eigenvalue weighted by molar-refractivity contribution is 7.10. The highest BCUT2D eigenvalue weighted by atomic mass is 32.1. The van der Waals surface area contributed by atoms with E-state index in [1.54, 1.807) is 28.1 Å². The maximum Gasteiger partial charge on any atom is 0.326 e. The predicted octanol–water partition coefficient (Wildman–Crippen LogP) is 1.10. The van der Waals surface area contributed by atoms with Crippen molar-refractivity contribution in [2.24, 2.45) is 4.99 Å². The lowest BCUT2D eigenvalue weighted by Gasteiger charge is -2.36. The molecule has 3 N–H and O–H groups in total. The van der Waals surface area contributed by atoms with E-state index in [1.807, 2.05) is 6.07 Å². The number of nitrogens with zero attached hydrogens (tertiary/aromatic N) is 6. The van der Waals surface area contributed by atoms with Gasteiger partial charge in [-0.25, -0.2) is 9.78 Å². The minimum absolute atomic E-state index is 0.214. The Balaban J connectivity index is 1.42. The Bertz CT molecular complexity index is 1550. The van der Waals surface area contributed by atoms with Crippen molar-refractivity contribution in [3.8, 4) is 17.1 Å². The topological polar surface area (TPSA) is 118 Å². The molecule has 11 heteroatoms. The largest absolute Gasteiger partial charge is 0.493 e. The number of thiophene rings is 1. The number of aromatic hydroxyl groups is 1. The van der Waals surface area contributed by atoms with Crippen LogP contribution in [0.2, 0.25) is 0 Å². The molecule has 0 radical (unpaired) electrons. The van der Waals surface area contributed by atoms with Crippen LogP contribution in [0, 0.1) is 0 Å². The molecule has 6 rings (SSSR count). The fraction of sp³-hybridized carbons (Fsp3) is 0.417. The van der Waals surface area contributed by atoms with Crippen molar-refractivity contribution in [3.05, 3.63) is 55.5 Å². The van der Waals surface area contributed by atoms with E-state index in [0.717, 1.165) is 55.8 Å². The molecule has 1 saturated heterocycles. The molecule has 2 aliphatic rings. The maximum absolute atomic E-state index is 11.6. The van der Waals surface area contributed by atoms with Gasteiger partial charge in [0.1, 0.15) is 5.69 Å². The van der Waals surface area contributed by atoms with Crippen molar-refractivity contribution in [1.82, 2.24) is 34.4 Å². The number of aromatic nitrogens is 5. The van der Waals surface area contributed by atoms with Crippen molar-refractivity contribution in [2.45, 2.75) is 31.8 Å². The number of piperazine rings is 1. The monoisotopic (exact) mass is 492 g/mol. The van der Waals surface area contributed by atoms with Crippen molar-refractivity contribution in [2.75, 3.05) is 33.2 Å². The molecule has 1 aliphatic carbocycles. The minimum Gasteiger partial charge on any atom is -0.493 e. The Morgan fingerprint density at radius 1 is 1.23 bits per heavy atom. The van der Waals surface area contributed by atoms with Gasteiger partial charge in [-0.2, -0.15) is 9.61 Å². The van der Waals surface area contributed by atoms with Crippen LogP contribution in [-0.4, -0.2) is 78.7 Å². The van der Waals surface area contributed by atoms with Gasteiger partial charge in [0, 0.05) is 59.3 Å². The van der Waals surface area contributed by atoms with Crippen molar-refractivity contribution >= 4 is 23.1 Å². The third kappa shape index (κ3) is 4.42. The van der Waals surface area contributed by atoms with Gasteiger partial charge >= 0.3 is 5.69 Å². The average molecular weight is 493 g/mol. The summed E-state index contributed by atoms with van der Waals surface area (Å²) in [5.41, 5.74) is 3.11. The summed E-state index contributed by atoms with van der Waals surface area (Å²) < 4.78 is 1.73. The first-order chi connectivity index (χ1) is 16.9. The molecule has 0 aromatic carbocycles. The number of fused-ring (bicyclic) bond motifs is 1. The number of aromatic amines is 2. The standard InChI is InChI=1S/C24H28N8O2S/c1-14(31-7-5-30(2)6-8-31)20-10-16(13-35-20)18-11-21(26-17-3-4-17)32-22(27-18)15(12-25-32)9-19-23(33)29-24(34)28-19/h9-14,17,33H,3-8H2,1-2H3,(H2,28,29,34)/b15-9-,26-21?. The van der Waals surface area contributed by atoms with Gasteiger partial charge in [0.2, 0.25) is 5.88 Å². The van der Waals surface area contributed by atoms with E-state index in [2.05, 4.69) is 50.3 Å². The Morgan fingerprint density at radius 2 is 2.03 bits per heavy atom. The maximum atomic E-state index is 11.6. The van der Waals surface area contributed by atoms with Crippen LogP contribution >= 0.6 is 11.3 Å². The van der Waals surface area contributed by atoms with Crippen molar-refractivity contribution in [1.29, 1.82) is 0 Å². The predicted molar refractivity (Wildman–Crippen MR) is 134 cm³/mol. The third-order valence-corrected chi connectivity index (χ3v) is 7.89. The van der Waals surface area contributed by atoms with Crippen LogP contribution in [0.4, 0.5) is 0 Å². The number of hydrogen-bond acceptors (Lipinski definition) is 8. The van der Waals surface area contributed by atoms with Crippen LogP contribution in [0.1, 0.15) is 36.4 Å². The molecule has 4 aromatic rings. The lowest BCUT2D eigenvalue weighted by molar-refractivity contribution is 0.120. The SMILES string of the molecule is CC(c1cc(-c2cc(=NC3CC3)n3nc/c(=C/c4[nH]c(=O)[nH]c4O)c3n2)cs1)N1CCN(C)CC1. The van der Waals surface area contributed by atoms with E-state index in [9.17, 15) is 9.90 Å². The number of nitrogens with one attached hydrogen (secondary N) is 2. The minimum atomic E-state index is -0.469. The van der Waals surface area contributed by atoms with Crippen LogP contribution in [0.25, 0.3) is 23.0 Å². The van der Waals surface area contributed by atoms with Gasteiger partial charge in [-0.3, -0.25) is 14.9 Å². The van der Waals surface area contributed by atoms with Gasteiger partial charge in [-0.05, 0) is 39.0 Å². The van der Waals surface area contributed by atoms with Crippen LogP contribution in [0.5, 0.6) is 5.88 Å². The number of likely N-dealkylation sites (N-methyl/N-ethyl adjacent to an activating group) is 1. The smallest absolute Gasteiger partial charge is 0.326 e. The molecule has 4 aromatic heterocycles. The van der Waals surface area contributed by atoms with Gasteiger partial charge < -0.3 is 15.0 Å². The summed E-state index contributed by atoms with van der Waals surface area (Å²) in [6.45, 7) is 6.61. The van der Waals surface area contributed by atoms with Crippen molar-refractivity contribution < 1.29 is 5.11 Å². The molecule has 0 spiro atoms. The zero-order chi connectivity index (χ0) is 24.1. The molecule has 1 saturated carbocycles. The highest BCUT2D eigenvalue weighted by Gasteiger charge is 2.23. The first-order valence-electron chi connectivity index (χ1n) is 11.9. The molecular weight excluding hydrogens is 464 g/mol. The van der Waals surface area contributed by atoms with E-state index in [4.69, 9.17) is 9.98 Å². The third-order valence-electron chi connectivity index (χ3n) is 6.79. The van der Waals surface area contributed by atoms with Gasteiger partial charge in [0.15, 0.2) is 11.1 Å². The number of hydrogen-bond donors (Lipinski definition) is 3. The Labute approximate surface area is 205 Å². The molecule has 0 bridgehead atoms. The molecular formula is C24H28N8O2S. The van der Waals surface area contributed by atoms with E-state index < -0.39 is 5.69 Å². The summed E-state index contributed by atoms with van der Waals surface area (Å²) in [5, 5.41) is 17.4. The average Bonchev–Trinajstić information content (AvgIpc) is 3.23. The second kappa shape index (κ2) is 8.74. The lowest BCUT2D eigenvalue weighted by Crippen LogP contribution is -2.45. The molecule has 5 heterocycles. The molecule has 10 nitrogen and oxygen atoms in total. The number of imidazole rings is 1. The fourth-order valence-corrected chi connectivity index (χ4v) is 5.43. The van der Waals surface area contributed by atoms with E-state index in [1.165, 1.54) is 4.88 Å². The zero-order valence-corrected chi connectivity index (χ0v) is 20.5. The first kappa shape index (κ1) is 22.2. The molecule has 0 amide bonds. The Kier molecular flexibility index (Phi) is 5.54. The van der Waals surface area contributed by atoms with Gasteiger partial charge in [-0.1, -0.05) is 0 Å². The van der Waals surface area contributed by atoms with Gasteiger partial charge in [-0.15, -0.1) is 11.3 Å². The summed E-state index contributed by atoms with van der Waals surface area (Å²) in [4.78, 5) is 32.5. The van der Waals surface area contributed by atoms with Crippen LogP contribution in [-0.2, 0) is 0 Å². The second-order valence-corrected chi connectivity index (χ2v) is 10.4. The molecule has 35 heavy (non-hydrogen) atoms. The fourth-order valence-electron chi connectivity index (χ4n) is 4.44. The van der Waals surface area contributed by atoms with Crippen LogP contribution in [0.15, 0.2) is 33.5 Å². The van der Waals surface area contributed by atoms with Crippen LogP contribution < -0.4 is 16.4 Å². The van der Waals surface area contributed by atoms with E-state index in [0.29, 0.717) is 22.9 Å². The summed E-state index contributed by atoms with van der Waals surface area (Å²) in [7, 11) is 2.18. The highest BCUT2D eigenvalue weighted by Crippen LogP contribution is 2.31. The summed E-state index contributed by atoms with van der Waals surface area (Å²) in [5.74, 6) is -0.214. The summed E-state index contributed by atoms with van der Waals surface area (Å²) >= 11 is 1.76. The zero-order valence-electron chi connectivity index (χ0n) is 19.7. The molecule has 1 aliphatic heterocycles. The second-order valence-electron chi connectivity index (χ2n) is 9.43. The normalized spacial score (nSPS) is 19.7. The number of H-pyrrole nitrogens is 2. The summed E-state index contributed by atoms with van der Waals surface area (Å²) in [6.07, 6.45) is 5.52. The molecule has 1 atom stereocenters. The van der Waals surface area contributed by atoms with Gasteiger partial charge in [0.05, 0.1) is 17.9 Å². The van der Waals surface area contributed by atoms with Crippen LogP contribution in [0.3, 0.4) is 0 Å². The van der Waals surface area contributed by atoms with Crippen molar-refractivity contribution in [3.63, 3.8) is 0 Å². The number of rotatable bonds is 5. The molecule has 1 unspecified atom stereocenters. The molecule has 2 fully saturated rings. The lowest BCUT2D eigenvalue weighted by atomic mass is 10.1. The van der Waals surface area contributed by atoms with Gasteiger partial charge in [0.25, 0.3) is 0 Å². The van der Waals surface area contributed by atoms with E-state index >= 15 is 0 Å². The Hall–Kier alpha value is -3.28.